The van der Waals surface area contributed by atoms with Crippen LogP contribution in [0.5, 0.6) is 0 Å². The van der Waals surface area contributed by atoms with E-state index in [9.17, 15) is 19.7 Å². The fraction of sp³-hybridized carbons (Fsp3) is 0.308. The fourth-order valence-electron chi connectivity index (χ4n) is 1.80. The maximum absolute atomic E-state index is 11.9. The van der Waals surface area contributed by atoms with E-state index < -0.39 is 10.5 Å². The molecule has 1 heterocycles. The molecule has 10 heteroatoms. The zero-order chi connectivity index (χ0) is 17.0. The van der Waals surface area contributed by atoms with E-state index in [0.29, 0.717) is 16.5 Å². The molecular formula is C13H15N4O5S+. The van der Waals surface area contributed by atoms with Crippen LogP contribution in [0.15, 0.2) is 32.5 Å². The Labute approximate surface area is 134 Å². The van der Waals surface area contributed by atoms with Crippen molar-refractivity contribution in [2.24, 2.45) is 7.05 Å². The molecule has 0 atom stereocenters. The zero-order valence-corrected chi connectivity index (χ0v) is 13.3. The highest BCUT2D eigenvalue weighted by molar-refractivity contribution is 7.99. The van der Waals surface area contributed by atoms with Crippen LogP contribution < -0.4 is 15.6 Å². The molecule has 0 saturated heterocycles. The number of H-pyrrole nitrogens is 1. The third-order valence-corrected chi connectivity index (χ3v) is 4.15. The average molecular weight is 339 g/mol. The summed E-state index contributed by atoms with van der Waals surface area (Å²) in [5.74, 6) is 0.0830. The Hall–Kier alpha value is -2.62. The third-order valence-electron chi connectivity index (χ3n) is 3.03. The Morgan fingerprint density at radius 2 is 2.26 bits per heavy atom. The number of non-ortho nitro benzene ring substituents is 1. The van der Waals surface area contributed by atoms with Gasteiger partial charge in [0.15, 0.2) is 7.05 Å². The number of nitrogens with one attached hydrogen (secondary N) is 2. The standard InChI is InChI=1S/C13H14N4O5S/c1-8-3-4-9(17(20)21)7-10(8)14-11(18)5-6-23-12-13(19)22-15-16(12)2/h3-4,7H,5-6H2,1-2H3,(H-,14,15,18,19)/p+1. The first-order valence-electron chi connectivity index (χ1n) is 6.63. The highest BCUT2D eigenvalue weighted by atomic mass is 32.2. The van der Waals surface area contributed by atoms with Gasteiger partial charge < -0.3 is 5.32 Å². The van der Waals surface area contributed by atoms with Crippen molar-refractivity contribution in [3.63, 3.8) is 0 Å². The van der Waals surface area contributed by atoms with Crippen molar-refractivity contribution >= 4 is 29.0 Å². The molecule has 0 aliphatic heterocycles. The van der Waals surface area contributed by atoms with Crippen LogP contribution in [0, 0.1) is 17.0 Å². The molecule has 0 unspecified atom stereocenters. The summed E-state index contributed by atoms with van der Waals surface area (Å²) in [4.78, 5) is 33.5. The Balaban J connectivity index is 1.94. The smallest absolute Gasteiger partial charge is 0.326 e. The molecule has 2 rings (SSSR count). The van der Waals surface area contributed by atoms with Crippen LogP contribution in [-0.2, 0) is 11.8 Å². The van der Waals surface area contributed by atoms with Gasteiger partial charge in [-0.1, -0.05) is 10.7 Å². The first-order chi connectivity index (χ1) is 10.9. The molecule has 0 aliphatic rings. The van der Waals surface area contributed by atoms with Gasteiger partial charge in [-0.15, -0.1) is 0 Å². The fourth-order valence-corrected chi connectivity index (χ4v) is 2.67. The van der Waals surface area contributed by atoms with Gasteiger partial charge in [0.25, 0.3) is 5.69 Å². The summed E-state index contributed by atoms with van der Waals surface area (Å²) < 4.78 is 6.02. The van der Waals surface area contributed by atoms with Crippen LogP contribution in [0.1, 0.15) is 12.0 Å². The van der Waals surface area contributed by atoms with E-state index in [4.69, 9.17) is 0 Å². The Kier molecular flexibility index (Phi) is 5.16. The van der Waals surface area contributed by atoms with Crippen LogP contribution in [0.3, 0.4) is 0 Å². The number of nitro benzene ring substituents is 1. The second kappa shape index (κ2) is 7.09. The van der Waals surface area contributed by atoms with E-state index in [0.717, 1.165) is 5.56 Å². The van der Waals surface area contributed by atoms with Gasteiger partial charge in [0.05, 0.1) is 10.6 Å². The summed E-state index contributed by atoms with van der Waals surface area (Å²) >= 11 is 1.19. The second-order valence-corrected chi connectivity index (χ2v) is 5.83. The molecule has 2 aromatic rings. The minimum Gasteiger partial charge on any atom is -0.326 e. The first-order valence-corrected chi connectivity index (χ1v) is 7.62. The summed E-state index contributed by atoms with van der Waals surface area (Å²) in [6, 6.07) is 4.28. The number of nitrogens with zero attached hydrogens (tertiary/aromatic N) is 2. The van der Waals surface area contributed by atoms with E-state index in [1.165, 1.54) is 28.6 Å². The molecule has 2 N–H and O–H groups in total. The lowest BCUT2D eigenvalue weighted by Gasteiger charge is -2.07. The largest absolute Gasteiger partial charge is 0.441 e. The molecule has 0 spiro atoms. The van der Waals surface area contributed by atoms with Crippen molar-refractivity contribution in [1.82, 2.24) is 5.27 Å². The number of benzene rings is 1. The highest BCUT2D eigenvalue weighted by Crippen LogP contribution is 2.22. The highest BCUT2D eigenvalue weighted by Gasteiger charge is 2.18. The monoisotopic (exact) mass is 339 g/mol. The molecule has 0 bridgehead atoms. The lowest BCUT2D eigenvalue weighted by atomic mass is 10.2. The Bertz CT molecular complexity index is 798. The van der Waals surface area contributed by atoms with Crippen LogP contribution in [0.2, 0.25) is 0 Å². The predicted molar refractivity (Wildman–Crippen MR) is 82.3 cm³/mol. The topological polar surface area (TPSA) is 122 Å². The SMILES string of the molecule is Cc1ccc([N+](=O)[O-])cc1NC(=O)CCSc1c(=O)o[nH][n+]1C. The first kappa shape index (κ1) is 16.7. The number of carbonyl (C=O) groups excluding carboxylic acids is 1. The van der Waals surface area contributed by atoms with Gasteiger partial charge in [-0.3, -0.25) is 19.4 Å². The number of nitro groups is 1. The van der Waals surface area contributed by atoms with Gasteiger partial charge in [0, 0.05) is 24.3 Å². The lowest BCUT2D eigenvalue weighted by molar-refractivity contribution is -0.772. The van der Waals surface area contributed by atoms with Crippen LogP contribution in [-0.4, -0.2) is 21.9 Å². The van der Waals surface area contributed by atoms with Gasteiger partial charge in [0.1, 0.15) is 0 Å². The predicted octanol–water partition coefficient (Wildman–Crippen LogP) is 1.13. The molecule has 0 saturated carbocycles. The third kappa shape index (κ3) is 4.19. The van der Waals surface area contributed by atoms with Crippen LogP contribution in [0.25, 0.3) is 0 Å². The van der Waals surface area contributed by atoms with Crippen LogP contribution in [0.4, 0.5) is 11.4 Å². The summed E-state index contributed by atoms with van der Waals surface area (Å²) in [6.07, 6.45) is 0.150. The summed E-state index contributed by atoms with van der Waals surface area (Å²) in [7, 11) is 1.62. The molecule has 23 heavy (non-hydrogen) atoms. The number of hydrogen-bond acceptors (Lipinski definition) is 6. The molecule has 0 radical (unpaired) electrons. The summed E-state index contributed by atoms with van der Waals surface area (Å²) in [6.45, 7) is 1.75. The van der Waals surface area contributed by atoms with Gasteiger partial charge in [0.2, 0.25) is 5.91 Å². The van der Waals surface area contributed by atoms with Crippen molar-refractivity contribution in [3.05, 3.63) is 44.3 Å². The zero-order valence-electron chi connectivity index (χ0n) is 12.5. The molecule has 122 valence electrons. The minimum atomic E-state index is -0.518. The normalized spacial score (nSPS) is 10.5. The summed E-state index contributed by atoms with van der Waals surface area (Å²) in [5.41, 5.74) is 0.555. The van der Waals surface area contributed by atoms with Crippen molar-refractivity contribution in [2.75, 3.05) is 11.1 Å². The number of anilines is 1. The van der Waals surface area contributed by atoms with Gasteiger partial charge in [-0.05, 0) is 29.5 Å². The molecular weight excluding hydrogens is 324 g/mol. The Morgan fingerprint density at radius 1 is 1.52 bits per heavy atom. The number of rotatable bonds is 6. The van der Waals surface area contributed by atoms with E-state index in [1.54, 1.807) is 20.0 Å². The number of aryl methyl sites for hydroxylation is 2. The van der Waals surface area contributed by atoms with Crippen molar-refractivity contribution < 1.29 is 18.9 Å². The molecule has 0 aliphatic carbocycles. The molecule has 1 aromatic carbocycles. The Morgan fingerprint density at radius 3 is 2.87 bits per heavy atom. The quantitative estimate of drug-likeness (QED) is 0.352. The van der Waals surface area contributed by atoms with Crippen molar-refractivity contribution in [3.8, 4) is 0 Å². The van der Waals surface area contributed by atoms with Crippen molar-refractivity contribution in [2.45, 2.75) is 18.4 Å². The number of aromatic nitrogens is 2. The van der Waals surface area contributed by atoms with Crippen molar-refractivity contribution in [1.29, 1.82) is 0 Å². The lowest BCUT2D eigenvalue weighted by Crippen LogP contribution is -2.33. The number of carbonyl (C=O) groups is 1. The summed E-state index contributed by atoms with van der Waals surface area (Å²) in [5, 5.41) is 16.2. The number of aromatic amines is 1. The van der Waals surface area contributed by atoms with E-state index in [2.05, 4.69) is 15.1 Å². The van der Waals surface area contributed by atoms with E-state index in [-0.39, 0.29) is 18.0 Å². The van der Waals surface area contributed by atoms with Gasteiger partial charge in [-0.25, -0.2) is 4.79 Å². The molecule has 1 aromatic heterocycles. The molecule has 1 amide bonds. The molecule has 9 nitrogen and oxygen atoms in total. The maximum Gasteiger partial charge on any atom is 0.441 e. The average Bonchev–Trinajstić information content (AvgIpc) is 2.81. The minimum absolute atomic E-state index is 0.0859. The van der Waals surface area contributed by atoms with E-state index in [1.807, 2.05) is 0 Å². The van der Waals surface area contributed by atoms with E-state index >= 15 is 0 Å². The number of amides is 1. The van der Waals surface area contributed by atoms with Gasteiger partial charge >= 0.3 is 10.7 Å². The molecule has 0 fully saturated rings. The number of hydrogen-bond donors (Lipinski definition) is 2. The maximum atomic E-state index is 11.9. The van der Waals surface area contributed by atoms with Gasteiger partial charge in [-0.2, -0.15) is 0 Å². The number of thioether (sulfide) groups is 1. The van der Waals surface area contributed by atoms with Crippen LogP contribution >= 0.6 is 11.8 Å². The second-order valence-electron chi connectivity index (χ2n) is 4.75.